The van der Waals surface area contributed by atoms with Crippen molar-refractivity contribution in [1.29, 1.82) is 0 Å². The molecule has 1 nitrogen and oxygen atoms in total. The van der Waals surface area contributed by atoms with E-state index in [4.69, 9.17) is 4.74 Å². The fourth-order valence-electron chi connectivity index (χ4n) is 0.209. The Balaban J connectivity index is -0.000000105. The van der Waals surface area contributed by atoms with Gasteiger partial charge in [-0.3, -0.25) is 0 Å². The molecule has 0 atom stereocenters. The minimum Gasteiger partial charge on any atom is -0.381 e. The summed E-state index contributed by atoms with van der Waals surface area (Å²) in [5.41, 5.74) is 0. The molecule has 0 fully saturated rings. The molecule has 0 N–H and O–H groups in total. The van der Waals surface area contributed by atoms with E-state index in [0.717, 1.165) is 19.0 Å². The number of hydrogen-bond donors (Lipinski definition) is 1. The molecule has 0 saturated carbocycles. The molecule has 0 unspecified atom stereocenters. The van der Waals surface area contributed by atoms with Crippen LogP contribution >= 0.6 is 12.6 Å². The molecule has 0 aliphatic carbocycles. The van der Waals surface area contributed by atoms with Crippen LogP contribution in [0.4, 0.5) is 0 Å². The van der Waals surface area contributed by atoms with Crippen molar-refractivity contribution in [3.63, 3.8) is 0 Å². The zero-order valence-corrected chi connectivity index (χ0v) is 8.87. The SMILES string of the molecule is CC.CC.CCOCCS. The van der Waals surface area contributed by atoms with Crippen molar-refractivity contribution in [1.82, 2.24) is 0 Å². The van der Waals surface area contributed by atoms with Gasteiger partial charge in [0.2, 0.25) is 0 Å². The molecule has 0 radical (unpaired) electrons. The molecule has 0 rings (SSSR count). The molecule has 0 bridgehead atoms. The number of thiol groups is 1. The van der Waals surface area contributed by atoms with Gasteiger partial charge in [0.25, 0.3) is 0 Å². The summed E-state index contributed by atoms with van der Waals surface area (Å²) in [6, 6.07) is 0. The molecule has 0 heterocycles. The van der Waals surface area contributed by atoms with E-state index >= 15 is 0 Å². The minimum atomic E-state index is 0.777. The highest BCUT2D eigenvalue weighted by atomic mass is 32.1. The van der Waals surface area contributed by atoms with Gasteiger partial charge in [-0.2, -0.15) is 12.6 Å². The summed E-state index contributed by atoms with van der Waals surface area (Å²) in [6.45, 7) is 11.6. The van der Waals surface area contributed by atoms with Crippen LogP contribution in [0.1, 0.15) is 34.6 Å². The zero-order valence-electron chi connectivity index (χ0n) is 7.98. The maximum Gasteiger partial charge on any atom is 0.0554 e. The van der Waals surface area contributed by atoms with Crippen LogP contribution in [0.25, 0.3) is 0 Å². The van der Waals surface area contributed by atoms with Gasteiger partial charge in [0.1, 0.15) is 0 Å². The van der Waals surface area contributed by atoms with Crippen molar-refractivity contribution in [3.8, 4) is 0 Å². The second-order valence-corrected chi connectivity index (χ2v) is 1.37. The Morgan fingerprint density at radius 2 is 1.50 bits per heavy atom. The third-order valence-corrected chi connectivity index (χ3v) is 0.622. The quantitative estimate of drug-likeness (QED) is 0.501. The van der Waals surface area contributed by atoms with E-state index in [2.05, 4.69) is 12.6 Å². The Hall–Kier alpha value is 0.310. The van der Waals surface area contributed by atoms with Gasteiger partial charge in [0.05, 0.1) is 6.61 Å². The summed E-state index contributed by atoms with van der Waals surface area (Å²) >= 11 is 3.93. The van der Waals surface area contributed by atoms with Gasteiger partial charge in [0.15, 0.2) is 0 Å². The van der Waals surface area contributed by atoms with Crippen LogP contribution in [0, 0.1) is 0 Å². The van der Waals surface area contributed by atoms with E-state index in [1.165, 1.54) is 0 Å². The molecular formula is C8H22OS. The van der Waals surface area contributed by atoms with Crippen LogP contribution in [0.2, 0.25) is 0 Å². The van der Waals surface area contributed by atoms with Crippen molar-refractivity contribution in [2.24, 2.45) is 0 Å². The molecule has 0 aromatic rings. The van der Waals surface area contributed by atoms with E-state index in [9.17, 15) is 0 Å². The lowest BCUT2D eigenvalue weighted by molar-refractivity contribution is 0.165. The predicted octanol–water partition coefficient (Wildman–Crippen LogP) is 3.01. The van der Waals surface area contributed by atoms with Crippen LogP contribution in [-0.2, 0) is 4.74 Å². The van der Waals surface area contributed by atoms with Crippen molar-refractivity contribution in [2.75, 3.05) is 19.0 Å². The first-order valence-electron chi connectivity index (χ1n) is 4.10. The van der Waals surface area contributed by atoms with Gasteiger partial charge in [0, 0.05) is 12.4 Å². The summed E-state index contributed by atoms with van der Waals surface area (Å²) in [6.07, 6.45) is 0. The highest BCUT2D eigenvalue weighted by Gasteiger charge is 1.73. The van der Waals surface area contributed by atoms with E-state index in [0.29, 0.717) is 0 Å². The van der Waals surface area contributed by atoms with Gasteiger partial charge in [-0.05, 0) is 6.92 Å². The predicted molar refractivity (Wildman–Crippen MR) is 53.0 cm³/mol. The monoisotopic (exact) mass is 166 g/mol. The fourth-order valence-corrected chi connectivity index (χ4v) is 0.338. The van der Waals surface area contributed by atoms with Crippen LogP contribution in [0.15, 0.2) is 0 Å². The first kappa shape index (κ1) is 16.7. The Kier molecular flexibility index (Phi) is 57.9. The first-order valence-corrected chi connectivity index (χ1v) is 4.73. The van der Waals surface area contributed by atoms with Crippen molar-refractivity contribution in [3.05, 3.63) is 0 Å². The molecular weight excluding hydrogens is 144 g/mol. The molecule has 0 amide bonds. The largest absolute Gasteiger partial charge is 0.381 e. The Bertz CT molecular complexity index is 21.2. The maximum absolute atomic E-state index is 4.91. The van der Waals surface area contributed by atoms with Crippen molar-refractivity contribution < 1.29 is 4.74 Å². The topological polar surface area (TPSA) is 9.23 Å². The summed E-state index contributed by atoms with van der Waals surface area (Å²) in [5, 5.41) is 0. The summed E-state index contributed by atoms with van der Waals surface area (Å²) in [5.74, 6) is 0.827. The normalized spacial score (nSPS) is 6.60. The van der Waals surface area contributed by atoms with E-state index in [-0.39, 0.29) is 0 Å². The third-order valence-electron chi connectivity index (χ3n) is 0.440. The van der Waals surface area contributed by atoms with Crippen molar-refractivity contribution >= 4 is 12.6 Å². The number of rotatable bonds is 3. The van der Waals surface area contributed by atoms with Crippen LogP contribution in [0.3, 0.4) is 0 Å². The summed E-state index contributed by atoms with van der Waals surface area (Å²) < 4.78 is 4.91. The Labute approximate surface area is 71.6 Å². The zero-order chi connectivity index (χ0) is 8.83. The maximum atomic E-state index is 4.91. The lowest BCUT2D eigenvalue weighted by Gasteiger charge is -1.91. The van der Waals surface area contributed by atoms with Gasteiger partial charge in [-0.25, -0.2) is 0 Å². The summed E-state index contributed by atoms with van der Waals surface area (Å²) in [7, 11) is 0. The molecule has 66 valence electrons. The molecule has 0 aliphatic rings. The lowest BCUT2D eigenvalue weighted by Crippen LogP contribution is -1.92. The van der Waals surface area contributed by atoms with E-state index in [1.807, 2.05) is 34.6 Å². The summed E-state index contributed by atoms with van der Waals surface area (Å²) in [4.78, 5) is 0. The van der Waals surface area contributed by atoms with E-state index < -0.39 is 0 Å². The van der Waals surface area contributed by atoms with Crippen LogP contribution < -0.4 is 0 Å². The van der Waals surface area contributed by atoms with Gasteiger partial charge < -0.3 is 4.74 Å². The average molecular weight is 166 g/mol. The van der Waals surface area contributed by atoms with Gasteiger partial charge >= 0.3 is 0 Å². The Morgan fingerprint density at radius 1 is 1.10 bits per heavy atom. The van der Waals surface area contributed by atoms with E-state index in [1.54, 1.807) is 0 Å². The molecule has 0 aromatic carbocycles. The highest BCUT2D eigenvalue weighted by molar-refractivity contribution is 7.80. The third kappa shape index (κ3) is 40.5. The molecule has 2 heteroatoms. The standard InChI is InChI=1S/C4H10OS.2C2H6/c1-2-5-3-4-6;2*1-2/h6H,2-4H2,1H3;2*1-2H3. The minimum absolute atomic E-state index is 0.777. The number of hydrogen-bond acceptors (Lipinski definition) is 2. The van der Waals surface area contributed by atoms with Crippen LogP contribution in [0.5, 0.6) is 0 Å². The fraction of sp³-hybridized carbons (Fsp3) is 1.00. The molecule has 10 heavy (non-hydrogen) atoms. The molecule has 0 aromatic heterocycles. The molecule has 0 spiro atoms. The van der Waals surface area contributed by atoms with Crippen LogP contribution in [-0.4, -0.2) is 19.0 Å². The lowest BCUT2D eigenvalue weighted by atomic mass is 10.8. The van der Waals surface area contributed by atoms with Gasteiger partial charge in [-0.15, -0.1) is 0 Å². The van der Waals surface area contributed by atoms with Gasteiger partial charge in [-0.1, -0.05) is 27.7 Å². The number of ether oxygens (including phenoxy) is 1. The first-order chi connectivity index (χ1) is 4.91. The second kappa shape index (κ2) is 34.6. The Morgan fingerprint density at radius 3 is 1.60 bits per heavy atom. The smallest absolute Gasteiger partial charge is 0.0554 e. The average Bonchev–Trinajstić information content (AvgIpc) is 2.08. The van der Waals surface area contributed by atoms with Crippen molar-refractivity contribution in [2.45, 2.75) is 34.6 Å². The second-order valence-electron chi connectivity index (χ2n) is 0.921. The molecule has 0 saturated heterocycles. The molecule has 0 aliphatic heterocycles. The highest BCUT2D eigenvalue weighted by Crippen LogP contribution is 1.74.